The van der Waals surface area contributed by atoms with E-state index in [1.165, 1.54) is 0 Å². The molecule has 164 valence electrons. The third-order valence-corrected chi connectivity index (χ3v) is 7.19. The number of rotatable bonds is 2. The molecule has 0 radical (unpaired) electrons. The summed E-state index contributed by atoms with van der Waals surface area (Å²) in [4.78, 5) is 0.535. The van der Waals surface area contributed by atoms with Crippen molar-refractivity contribution in [3.63, 3.8) is 0 Å². The summed E-state index contributed by atoms with van der Waals surface area (Å²) in [5.74, 6) is -2.18. The van der Waals surface area contributed by atoms with Gasteiger partial charge in [0, 0.05) is 25.3 Å². The second kappa shape index (κ2) is 6.54. The molecule has 4 aliphatic rings. The maximum Gasteiger partial charge on any atom is 0.408 e. The Labute approximate surface area is 170 Å². The largest absolute Gasteiger partial charge is 0.408 e. The maximum absolute atomic E-state index is 14.3. The topological polar surface area (TPSA) is 80.2 Å². The van der Waals surface area contributed by atoms with Gasteiger partial charge in [0.2, 0.25) is 0 Å². The lowest BCUT2D eigenvalue weighted by Crippen LogP contribution is -2.57. The van der Waals surface area contributed by atoms with Crippen molar-refractivity contribution < 1.29 is 35.5 Å². The number of hydrogen-bond donors (Lipinski definition) is 1. The Balaban J connectivity index is 1.60. The molecule has 2 saturated heterocycles. The van der Waals surface area contributed by atoms with Crippen LogP contribution in [0.5, 0.6) is 0 Å². The molecule has 1 aromatic carbocycles. The number of sulfonamides is 1. The lowest BCUT2D eigenvalue weighted by molar-refractivity contribution is -0.218. The Bertz CT molecular complexity index is 1020. The van der Waals surface area contributed by atoms with Crippen LogP contribution in [0.4, 0.5) is 28.9 Å². The van der Waals surface area contributed by atoms with Gasteiger partial charge in [-0.1, -0.05) is 0 Å². The maximum atomic E-state index is 14.3. The molecule has 0 bridgehead atoms. The number of nitrogens with one attached hydrogen (secondary N) is 1. The van der Waals surface area contributed by atoms with Crippen LogP contribution < -0.4 is 10.2 Å². The smallest absolute Gasteiger partial charge is 0.358 e. The minimum absolute atomic E-state index is 0.0632. The van der Waals surface area contributed by atoms with E-state index in [0.29, 0.717) is 0 Å². The summed E-state index contributed by atoms with van der Waals surface area (Å²) < 4.78 is 96.2. The van der Waals surface area contributed by atoms with Gasteiger partial charge in [-0.15, -0.1) is 4.40 Å². The van der Waals surface area contributed by atoms with Gasteiger partial charge in [-0.3, -0.25) is 0 Å². The van der Waals surface area contributed by atoms with Crippen molar-refractivity contribution in [1.29, 1.82) is 0 Å². The molecule has 3 fully saturated rings. The van der Waals surface area contributed by atoms with E-state index < -0.39 is 45.2 Å². The van der Waals surface area contributed by atoms with Crippen molar-refractivity contribution in [1.82, 2.24) is 0 Å². The molecule has 7 nitrogen and oxygen atoms in total. The number of benzene rings is 1. The van der Waals surface area contributed by atoms with Gasteiger partial charge in [-0.25, -0.2) is 4.39 Å². The van der Waals surface area contributed by atoms with E-state index >= 15 is 0 Å². The predicted octanol–water partition coefficient (Wildman–Crippen LogP) is 3.02. The van der Waals surface area contributed by atoms with E-state index in [1.807, 2.05) is 0 Å². The first-order valence-electron chi connectivity index (χ1n) is 9.65. The van der Waals surface area contributed by atoms with Crippen LogP contribution in [0.2, 0.25) is 0 Å². The standard InChI is InChI=1S/C18H19F4N3O4S/c19-11-7-12(15-13(8-11)30(26,27)24-16(23-15)10-1-2-10)25-4-3-17(28-5-6-29-17)9-14(25)18(20,21)22/h7-8,10,14H,1-6,9H2,(H,23,24). The Kier molecular flexibility index (Phi) is 4.36. The van der Waals surface area contributed by atoms with Crippen molar-refractivity contribution in [3.05, 3.63) is 17.9 Å². The second-order valence-corrected chi connectivity index (χ2v) is 9.53. The summed E-state index contributed by atoms with van der Waals surface area (Å²) in [6.07, 6.45) is -3.54. The number of piperidine rings is 1. The molecule has 3 heterocycles. The number of ether oxygens (including phenoxy) is 2. The first kappa shape index (κ1) is 20.0. The van der Waals surface area contributed by atoms with Crippen molar-refractivity contribution in [2.24, 2.45) is 10.3 Å². The lowest BCUT2D eigenvalue weighted by atomic mass is 9.94. The average Bonchev–Trinajstić information content (AvgIpc) is 3.42. The van der Waals surface area contributed by atoms with Gasteiger partial charge in [-0.05, 0) is 25.0 Å². The summed E-state index contributed by atoms with van der Waals surface area (Å²) in [7, 11) is -4.23. The highest BCUT2D eigenvalue weighted by Crippen LogP contribution is 2.47. The summed E-state index contributed by atoms with van der Waals surface area (Å²) >= 11 is 0. The summed E-state index contributed by atoms with van der Waals surface area (Å²) in [6.45, 7) is 0.277. The normalized spacial score (nSPS) is 27.5. The van der Waals surface area contributed by atoms with E-state index in [9.17, 15) is 26.0 Å². The fourth-order valence-corrected chi connectivity index (χ4v) is 5.51. The molecule has 30 heavy (non-hydrogen) atoms. The van der Waals surface area contributed by atoms with Gasteiger partial charge < -0.3 is 19.7 Å². The van der Waals surface area contributed by atoms with Crippen LogP contribution in [0.25, 0.3) is 0 Å². The van der Waals surface area contributed by atoms with E-state index in [4.69, 9.17) is 9.47 Å². The van der Waals surface area contributed by atoms with Gasteiger partial charge >= 0.3 is 6.18 Å². The molecular formula is C18H19F4N3O4S. The summed E-state index contributed by atoms with van der Waals surface area (Å²) in [6, 6.07) is -0.307. The average molecular weight is 449 g/mol. The third-order valence-electron chi connectivity index (χ3n) is 5.87. The molecule has 12 heteroatoms. The summed E-state index contributed by atoms with van der Waals surface area (Å²) in [5.41, 5.74) is -0.219. The Morgan fingerprint density at radius 3 is 2.53 bits per heavy atom. The third kappa shape index (κ3) is 3.34. The van der Waals surface area contributed by atoms with Crippen LogP contribution in [0.15, 0.2) is 21.4 Å². The number of amidine groups is 1. The second-order valence-electron chi connectivity index (χ2n) is 7.96. The zero-order chi connectivity index (χ0) is 21.3. The van der Waals surface area contributed by atoms with Gasteiger partial charge in [0.25, 0.3) is 10.0 Å². The zero-order valence-corrected chi connectivity index (χ0v) is 16.5. The number of nitrogens with zero attached hydrogens (tertiary/aromatic N) is 2. The molecule has 3 aliphatic heterocycles. The molecule has 0 amide bonds. The van der Waals surface area contributed by atoms with Crippen LogP contribution in [0.1, 0.15) is 25.7 Å². The van der Waals surface area contributed by atoms with Crippen LogP contribution in [0, 0.1) is 11.7 Å². The van der Waals surface area contributed by atoms with Crippen LogP contribution in [-0.4, -0.2) is 52.0 Å². The molecule has 1 saturated carbocycles. The van der Waals surface area contributed by atoms with Crippen LogP contribution in [0.3, 0.4) is 0 Å². The predicted molar refractivity (Wildman–Crippen MR) is 98.4 cm³/mol. The molecule has 1 aliphatic carbocycles. The van der Waals surface area contributed by atoms with Gasteiger partial charge in [-0.2, -0.15) is 21.6 Å². The first-order valence-corrected chi connectivity index (χ1v) is 11.1. The summed E-state index contributed by atoms with van der Waals surface area (Å²) in [5, 5.41) is 2.87. The molecule has 0 aromatic heterocycles. The fraction of sp³-hybridized carbons (Fsp3) is 0.611. The van der Waals surface area contributed by atoms with E-state index in [2.05, 4.69) is 9.71 Å². The Morgan fingerprint density at radius 1 is 1.20 bits per heavy atom. The molecule has 1 N–H and O–H groups in total. The number of hydrogen-bond acceptors (Lipinski definition) is 6. The molecule has 1 spiro atoms. The molecule has 1 unspecified atom stereocenters. The molecular weight excluding hydrogens is 430 g/mol. The Hall–Kier alpha value is -1.92. The van der Waals surface area contributed by atoms with Crippen molar-refractivity contribution in [2.75, 3.05) is 30.0 Å². The SMILES string of the molecule is O=S1(=O)N=C(C2CC2)Nc2c(N3CCC4(CC3C(F)(F)F)OCCO4)cc(F)cc21. The minimum Gasteiger partial charge on any atom is -0.358 e. The van der Waals surface area contributed by atoms with Gasteiger partial charge in [0.1, 0.15) is 22.6 Å². The van der Waals surface area contributed by atoms with Crippen molar-refractivity contribution in [2.45, 2.75) is 48.6 Å². The van der Waals surface area contributed by atoms with Crippen LogP contribution in [-0.2, 0) is 19.5 Å². The van der Waals surface area contributed by atoms with E-state index in [-0.39, 0.29) is 49.3 Å². The number of halogens is 4. The van der Waals surface area contributed by atoms with Crippen molar-refractivity contribution in [3.8, 4) is 0 Å². The van der Waals surface area contributed by atoms with Gasteiger partial charge in [0.15, 0.2) is 5.79 Å². The number of anilines is 2. The lowest BCUT2D eigenvalue weighted by Gasteiger charge is -2.45. The highest BCUT2D eigenvalue weighted by molar-refractivity contribution is 7.90. The zero-order valence-electron chi connectivity index (χ0n) is 15.7. The molecule has 1 atom stereocenters. The molecule has 5 rings (SSSR count). The van der Waals surface area contributed by atoms with E-state index in [1.54, 1.807) is 0 Å². The van der Waals surface area contributed by atoms with E-state index in [0.717, 1.165) is 29.9 Å². The highest BCUT2D eigenvalue weighted by atomic mass is 32.2. The number of fused-ring (bicyclic) bond motifs is 1. The van der Waals surface area contributed by atoms with Gasteiger partial charge in [0.05, 0.1) is 24.6 Å². The molecule has 1 aromatic rings. The number of alkyl halides is 3. The quantitative estimate of drug-likeness (QED) is 0.700. The van der Waals surface area contributed by atoms with Crippen molar-refractivity contribution >= 4 is 27.2 Å². The highest BCUT2D eigenvalue weighted by Gasteiger charge is 2.54. The fourth-order valence-electron chi connectivity index (χ4n) is 4.28. The van der Waals surface area contributed by atoms with Crippen LogP contribution >= 0.6 is 0 Å². The minimum atomic E-state index is -4.66. The first-order chi connectivity index (χ1) is 14.1. The Morgan fingerprint density at radius 2 is 1.90 bits per heavy atom. The monoisotopic (exact) mass is 449 g/mol.